The minimum atomic E-state index is -4.42. The molecule has 2 atom stereocenters. The molecular weight excluding hydrogens is 425 g/mol. The van der Waals surface area contributed by atoms with E-state index in [1.165, 1.54) is 23.0 Å². The number of fused-ring (bicyclic) bond motifs is 1. The molecule has 0 amide bonds. The highest BCUT2D eigenvalue weighted by Crippen LogP contribution is 2.29. The maximum atomic E-state index is 13.0. The quantitative estimate of drug-likeness (QED) is 0.593. The van der Waals surface area contributed by atoms with E-state index in [1.807, 2.05) is 13.0 Å². The molecule has 1 aliphatic rings. The van der Waals surface area contributed by atoms with Crippen molar-refractivity contribution in [3.63, 3.8) is 0 Å². The molecule has 2 aromatic heterocycles. The van der Waals surface area contributed by atoms with Gasteiger partial charge in [-0.15, -0.1) is 0 Å². The van der Waals surface area contributed by atoms with Crippen LogP contribution in [0.15, 0.2) is 41.5 Å². The average molecular weight is 448 g/mol. The summed E-state index contributed by atoms with van der Waals surface area (Å²) in [7, 11) is 1.67. The fourth-order valence-corrected chi connectivity index (χ4v) is 3.69. The molecule has 8 nitrogen and oxygen atoms in total. The van der Waals surface area contributed by atoms with Gasteiger partial charge in [0.1, 0.15) is 5.82 Å². The number of aryl methyl sites for hydroxylation is 1. The van der Waals surface area contributed by atoms with Crippen molar-refractivity contribution in [2.24, 2.45) is 7.05 Å². The van der Waals surface area contributed by atoms with Crippen molar-refractivity contribution in [1.82, 2.24) is 14.5 Å². The van der Waals surface area contributed by atoms with E-state index in [0.29, 0.717) is 34.9 Å². The van der Waals surface area contributed by atoms with Crippen molar-refractivity contribution < 1.29 is 17.9 Å². The largest absolute Gasteiger partial charge is 0.416 e. The number of ether oxygens (including phenoxy) is 1. The van der Waals surface area contributed by atoms with Gasteiger partial charge in [0.25, 0.3) is 5.56 Å². The van der Waals surface area contributed by atoms with Gasteiger partial charge in [-0.2, -0.15) is 13.2 Å². The fourth-order valence-electron chi connectivity index (χ4n) is 3.69. The van der Waals surface area contributed by atoms with Crippen molar-refractivity contribution in [2.75, 3.05) is 35.6 Å². The summed E-state index contributed by atoms with van der Waals surface area (Å²) in [6, 6.07) is 6.45. The lowest BCUT2D eigenvalue weighted by Crippen LogP contribution is -2.49. The fraction of sp³-hybridized carbons (Fsp3) is 0.381. The first kappa shape index (κ1) is 21.9. The number of morpholine rings is 1. The van der Waals surface area contributed by atoms with Crippen molar-refractivity contribution in [1.29, 1.82) is 0 Å². The third-order valence-electron chi connectivity index (χ3n) is 5.49. The number of nitrogens with zero attached hydrogens (tertiary/aromatic N) is 4. The lowest BCUT2D eigenvalue weighted by Gasteiger charge is -2.34. The van der Waals surface area contributed by atoms with Gasteiger partial charge in [0.2, 0.25) is 0 Å². The van der Waals surface area contributed by atoms with Gasteiger partial charge in [-0.3, -0.25) is 4.79 Å². The molecule has 2 unspecified atom stereocenters. The minimum Gasteiger partial charge on any atom is -0.399 e. The predicted molar refractivity (Wildman–Crippen MR) is 116 cm³/mol. The zero-order valence-corrected chi connectivity index (χ0v) is 17.6. The molecule has 4 rings (SSSR count). The Morgan fingerprint density at radius 3 is 2.66 bits per heavy atom. The zero-order chi connectivity index (χ0) is 23.0. The van der Waals surface area contributed by atoms with E-state index >= 15 is 0 Å². The number of rotatable bonds is 4. The second-order valence-corrected chi connectivity index (χ2v) is 7.74. The number of nitrogen functional groups attached to an aromatic ring is 1. The summed E-state index contributed by atoms with van der Waals surface area (Å²) in [5, 5.41) is 4.07. The van der Waals surface area contributed by atoms with Crippen LogP contribution in [-0.2, 0) is 11.8 Å². The second kappa shape index (κ2) is 8.30. The summed E-state index contributed by atoms with van der Waals surface area (Å²) < 4.78 is 45.3. The van der Waals surface area contributed by atoms with Crippen LogP contribution in [0.2, 0.25) is 0 Å². The number of hydrogen-bond acceptors (Lipinski definition) is 7. The number of halogens is 3. The van der Waals surface area contributed by atoms with Crippen LogP contribution in [-0.4, -0.2) is 46.5 Å². The van der Waals surface area contributed by atoms with Gasteiger partial charge < -0.3 is 25.3 Å². The molecule has 32 heavy (non-hydrogen) atoms. The molecule has 0 saturated carbocycles. The number of hydrogen-bond donors (Lipinski definition) is 2. The van der Waals surface area contributed by atoms with Gasteiger partial charge in [0.15, 0.2) is 6.10 Å². The molecular formula is C21H23F3N6O2. The van der Waals surface area contributed by atoms with Crippen LogP contribution >= 0.6 is 0 Å². The SMILES string of the molecule is CC(Nc1cc(=O)n(C)c2cc(N)ccc12)c1ncc(N2CCOC(C(F)(F)F)C2)cn1. The highest BCUT2D eigenvalue weighted by Gasteiger charge is 2.43. The van der Waals surface area contributed by atoms with E-state index in [9.17, 15) is 18.0 Å². The van der Waals surface area contributed by atoms with Crippen LogP contribution in [0.3, 0.4) is 0 Å². The number of anilines is 3. The van der Waals surface area contributed by atoms with E-state index < -0.39 is 12.3 Å². The number of pyridine rings is 1. The number of alkyl halides is 3. The van der Waals surface area contributed by atoms with Crippen LogP contribution < -0.4 is 21.5 Å². The molecule has 3 N–H and O–H groups in total. The van der Waals surface area contributed by atoms with Gasteiger partial charge in [-0.25, -0.2) is 9.97 Å². The Balaban J connectivity index is 1.53. The molecule has 0 bridgehead atoms. The molecule has 1 saturated heterocycles. The Hall–Kier alpha value is -3.34. The van der Waals surface area contributed by atoms with Gasteiger partial charge in [-0.05, 0) is 25.1 Å². The number of nitrogens with two attached hydrogens (primary N) is 1. The van der Waals surface area contributed by atoms with E-state index in [4.69, 9.17) is 10.5 Å². The second-order valence-electron chi connectivity index (χ2n) is 7.74. The third kappa shape index (κ3) is 4.33. The van der Waals surface area contributed by atoms with E-state index in [0.717, 1.165) is 5.39 Å². The first-order chi connectivity index (χ1) is 15.1. The first-order valence-electron chi connectivity index (χ1n) is 10.0. The monoisotopic (exact) mass is 448 g/mol. The predicted octanol–water partition coefficient (Wildman–Crippen LogP) is 2.85. The molecule has 170 valence electrons. The summed E-state index contributed by atoms with van der Waals surface area (Å²) in [6.07, 6.45) is -3.25. The summed E-state index contributed by atoms with van der Waals surface area (Å²) in [5.41, 5.74) is 8.02. The Morgan fingerprint density at radius 1 is 1.25 bits per heavy atom. The molecule has 0 aliphatic carbocycles. The Labute approximate surface area is 181 Å². The summed E-state index contributed by atoms with van der Waals surface area (Å²) in [4.78, 5) is 22.6. The van der Waals surface area contributed by atoms with Gasteiger partial charge in [0, 0.05) is 36.4 Å². The normalized spacial score (nSPS) is 18.0. The highest BCUT2D eigenvalue weighted by molar-refractivity contribution is 5.93. The van der Waals surface area contributed by atoms with Crippen LogP contribution in [0.25, 0.3) is 10.9 Å². The Morgan fingerprint density at radius 2 is 1.97 bits per heavy atom. The molecule has 1 fully saturated rings. The number of nitrogens with one attached hydrogen (secondary N) is 1. The molecule has 3 aromatic rings. The van der Waals surface area contributed by atoms with E-state index in [2.05, 4.69) is 15.3 Å². The molecule has 0 spiro atoms. The summed E-state index contributed by atoms with van der Waals surface area (Å²) in [5.74, 6) is 0.443. The van der Waals surface area contributed by atoms with Crippen molar-refractivity contribution in [3.05, 3.63) is 52.8 Å². The van der Waals surface area contributed by atoms with Crippen LogP contribution in [0.5, 0.6) is 0 Å². The van der Waals surface area contributed by atoms with E-state index in [1.54, 1.807) is 24.1 Å². The molecule has 11 heteroatoms. The lowest BCUT2D eigenvalue weighted by atomic mass is 10.1. The minimum absolute atomic E-state index is 0.0234. The molecule has 1 aliphatic heterocycles. The summed E-state index contributed by atoms with van der Waals surface area (Å²) >= 11 is 0. The molecule has 1 aromatic carbocycles. The van der Waals surface area contributed by atoms with Crippen molar-refractivity contribution in [2.45, 2.75) is 25.2 Å². The highest BCUT2D eigenvalue weighted by atomic mass is 19.4. The zero-order valence-electron chi connectivity index (χ0n) is 17.6. The number of aromatic nitrogens is 3. The molecule has 0 radical (unpaired) electrons. The smallest absolute Gasteiger partial charge is 0.399 e. The summed E-state index contributed by atoms with van der Waals surface area (Å²) in [6.45, 7) is 1.84. The maximum Gasteiger partial charge on any atom is 0.416 e. The van der Waals surface area contributed by atoms with Gasteiger partial charge in [0.05, 0.1) is 42.8 Å². The lowest BCUT2D eigenvalue weighted by molar-refractivity contribution is -0.221. The Bertz CT molecular complexity index is 1180. The maximum absolute atomic E-state index is 13.0. The van der Waals surface area contributed by atoms with Gasteiger partial charge in [-0.1, -0.05) is 0 Å². The van der Waals surface area contributed by atoms with Crippen molar-refractivity contribution >= 4 is 28.0 Å². The van der Waals surface area contributed by atoms with Crippen LogP contribution in [0.4, 0.5) is 30.2 Å². The van der Waals surface area contributed by atoms with Gasteiger partial charge >= 0.3 is 6.18 Å². The average Bonchev–Trinajstić information content (AvgIpc) is 2.77. The first-order valence-corrected chi connectivity index (χ1v) is 10.0. The van der Waals surface area contributed by atoms with Crippen LogP contribution in [0, 0.1) is 0 Å². The Kier molecular flexibility index (Phi) is 5.68. The topological polar surface area (TPSA) is 98.3 Å². The molecule has 3 heterocycles. The standard InChI is InChI=1S/C21H23F3N6O2/c1-12(28-16-8-19(31)29(2)17-7-13(25)3-4-15(16)17)20-26-9-14(10-27-20)30-5-6-32-18(11-30)21(22,23)24/h3-4,7-10,12,18,28H,5-6,11,25H2,1-2H3. The van der Waals surface area contributed by atoms with Crippen LogP contribution in [0.1, 0.15) is 18.8 Å². The van der Waals surface area contributed by atoms with Crippen molar-refractivity contribution in [3.8, 4) is 0 Å². The number of benzene rings is 1. The third-order valence-corrected chi connectivity index (χ3v) is 5.49. The van der Waals surface area contributed by atoms with E-state index in [-0.39, 0.29) is 24.8 Å².